The summed E-state index contributed by atoms with van der Waals surface area (Å²) in [6, 6.07) is 15.4. The van der Waals surface area contributed by atoms with Gasteiger partial charge in [0.05, 0.1) is 12.4 Å². The van der Waals surface area contributed by atoms with Gasteiger partial charge in [0.1, 0.15) is 24.3 Å². The van der Waals surface area contributed by atoms with E-state index in [1.165, 1.54) is 39.1 Å². The van der Waals surface area contributed by atoms with Crippen LogP contribution < -0.4 is 28.5 Å². The lowest BCUT2D eigenvalue weighted by molar-refractivity contribution is -0.855. The molecule has 37 heavy (non-hydrogen) atoms. The molecule has 0 bridgehead atoms. The standard InChI is InChI=1S/C8H5F4N4.C7H5FN4.C6H5I.CH4.HI/c9-6-1-2-7(13-3-6)16-5-15(4-14-16)8(10,11)12;8-6-1-2-7(10-3-6)12-5-9-4-11-12;7-6-4-2-1-3-5-6;;/h1-5H;1-5H;1-5H;1H4;1H/q+1;;;;/p-1. The fraction of sp³-hybridized carbons (Fsp3) is 0.0909. The number of hydrogen-bond donors (Lipinski definition) is 0. The molecule has 5 rings (SSSR count). The van der Waals surface area contributed by atoms with Crippen LogP contribution in [0.25, 0.3) is 11.6 Å². The Kier molecular flexibility index (Phi) is 13.1. The number of alkyl halides is 3. The average molecular weight is 744 g/mol. The van der Waals surface area contributed by atoms with Gasteiger partial charge < -0.3 is 24.0 Å². The maximum Gasteiger partial charge on any atom is 0.543 e. The molecule has 0 N–H and O–H groups in total. The minimum absolute atomic E-state index is 0. The molecule has 0 radical (unpaired) electrons. The molecule has 0 saturated heterocycles. The molecule has 196 valence electrons. The van der Waals surface area contributed by atoms with Gasteiger partial charge in [0.2, 0.25) is 12.1 Å². The van der Waals surface area contributed by atoms with Gasteiger partial charge in [-0.1, -0.05) is 30.3 Å². The Bertz CT molecular complexity index is 1300. The number of halogens is 7. The molecule has 0 aliphatic heterocycles. The molecular weight excluding hydrogens is 725 g/mol. The van der Waals surface area contributed by atoms with Crippen molar-refractivity contribution in [1.29, 1.82) is 0 Å². The monoisotopic (exact) mass is 744 g/mol. The summed E-state index contributed by atoms with van der Waals surface area (Å²) < 4.78 is 65.2. The van der Waals surface area contributed by atoms with Crippen molar-refractivity contribution in [3.63, 3.8) is 0 Å². The lowest BCUT2D eigenvalue weighted by Gasteiger charge is -1.98. The van der Waals surface area contributed by atoms with E-state index >= 15 is 0 Å². The van der Waals surface area contributed by atoms with Crippen LogP contribution >= 0.6 is 22.6 Å². The van der Waals surface area contributed by atoms with Gasteiger partial charge in [0, 0.05) is 14.7 Å². The number of rotatable bonds is 2. The Hall–Kier alpha value is -3.09. The fourth-order valence-corrected chi connectivity index (χ4v) is 2.70. The molecule has 0 aliphatic carbocycles. The summed E-state index contributed by atoms with van der Waals surface area (Å²) in [7, 11) is 0. The van der Waals surface area contributed by atoms with Gasteiger partial charge in [-0.25, -0.2) is 28.4 Å². The van der Waals surface area contributed by atoms with Gasteiger partial charge in [-0.05, 0) is 52.9 Å². The highest BCUT2D eigenvalue weighted by Gasteiger charge is 2.36. The van der Waals surface area contributed by atoms with Crippen molar-refractivity contribution in [2.24, 2.45) is 0 Å². The minimum atomic E-state index is -4.53. The van der Waals surface area contributed by atoms with Crippen molar-refractivity contribution >= 4 is 22.6 Å². The van der Waals surface area contributed by atoms with Crippen LogP contribution in [0.5, 0.6) is 0 Å². The Labute approximate surface area is 239 Å². The summed E-state index contributed by atoms with van der Waals surface area (Å²) in [5.74, 6) is -0.281. The van der Waals surface area contributed by atoms with E-state index in [9.17, 15) is 22.0 Å². The molecule has 15 heteroatoms. The van der Waals surface area contributed by atoms with E-state index in [4.69, 9.17) is 0 Å². The van der Waals surface area contributed by atoms with Crippen LogP contribution in [0.2, 0.25) is 0 Å². The molecule has 5 aromatic rings. The van der Waals surface area contributed by atoms with E-state index in [1.54, 1.807) is 0 Å². The largest absolute Gasteiger partial charge is 1.00 e. The SMILES string of the molecule is C.Fc1ccc(-n2c[n+](C(F)(F)F)cn2)nc1.Fc1ccc(-n2cncn2)nc1.Ic1ccccc1.[I-]. The van der Waals surface area contributed by atoms with Gasteiger partial charge in [-0.2, -0.15) is 5.10 Å². The van der Waals surface area contributed by atoms with Crippen LogP contribution in [0.1, 0.15) is 7.43 Å². The maximum absolute atomic E-state index is 12.5. The van der Waals surface area contributed by atoms with Crippen LogP contribution in [0.4, 0.5) is 22.0 Å². The van der Waals surface area contributed by atoms with Crippen molar-refractivity contribution in [2.75, 3.05) is 0 Å². The molecule has 0 saturated carbocycles. The Morgan fingerprint density at radius 2 is 1.35 bits per heavy atom. The zero-order valence-electron chi connectivity index (χ0n) is 17.9. The summed E-state index contributed by atoms with van der Waals surface area (Å²) in [5.41, 5.74) is 0. The van der Waals surface area contributed by atoms with Crippen molar-refractivity contribution in [1.82, 2.24) is 34.5 Å². The summed E-state index contributed by atoms with van der Waals surface area (Å²) in [6.45, 7) is 0. The van der Waals surface area contributed by atoms with Gasteiger partial charge in [-0.3, -0.25) is 0 Å². The van der Waals surface area contributed by atoms with Crippen LogP contribution in [0.3, 0.4) is 0 Å². The summed E-state index contributed by atoms with van der Waals surface area (Å²) >= 11 is 2.28. The smallest absolute Gasteiger partial charge is 0.543 e. The molecule has 0 aliphatic rings. The number of benzene rings is 1. The second-order valence-electron chi connectivity index (χ2n) is 6.37. The highest BCUT2D eigenvalue weighted by Crippen LogP contribution is 2.13. The third-order valence-corrected chi connectivity index (χ3v) is 4.59. The lowest BCUT2D eigenvalue weighted by Crippen LogP contribution is -3.00. The van der Waals surface area contributed by atoms with Gasteiger partial charge in [0.25, 0.3) is 6.33 Å². The molecule has 0 spiro atoms. The molecule has 4 aromatic heterocycles. The molecule has 8 nitrogen and oxygen atoms in total. The second kappa shape index (κ2) is 15.2. The van der Waals surface area contributed by atoms with Crippen molar-refractivity contribution in [3.05, 3.63) is 108 Å². The van der Waals surface area contributed by atoms with Gasteiger partial charge in [0.15, 0.2) is 5.82 Å². The molecule has 4 heterocycles. The van der Waals surface area contributed by atoms with E-state index in [2.05, 4.69) is 59.9 Å². The van der Waals surface area contributed by atoms with E-state index in [0.29, 0.717) is 18.5 Å². The predicted molar refractivity (Wildman–Crippen MR) is 128 cm³/mol. The summed E-state index contributed by atoms with van der Waals surface area (Å²) in [5, 5.41) is 7.29. The number of pyridine rings is 2. The number of aromatic nitrogens is 8. The van der Waals surface area contributed by atoms with E-state index in [-0.39, 0.29) is 47.6 Å². The molecule has 1 aromatic carbocycles. The molecule has 0 atom stereocenters. The Morgan fingerprint density at radius 1 is 0.784 bits per heavy atom. The van der Waals surface area contributed by atoms with Crippen LogP contribution in [-0.2, 0) is 6.30 Å². The zero-order chi connectivity index (χ0) is 25.3. The fourth-order valence-electron chi connectivity index (χ4n) is 2.29. The first kappa shape index (κ1) is 31.9. The third kappa shape index (κ3) is 10.4. The van der Waals surface area contributed by atoms with E-state index in [1.807, 2.05) is 18.2 Å². The van der Waals surface area contributed by atoms with Crippen molar-refractivity contribution in [2.45, 2.75) is 13.7 Å². The first-order valence-corrected chi connectivity index (χ1v) is 10.6. The van der Waals surface area contributed by atoms with Crippen LogP contribution in [0, 0.1) is 15.2 Å². The first-order chi connectivity index (χ1) is 16.7. The molecule has 0 amide bonds. The van der Waals surface area contributed by atoms with Gasteiger partial charge in [-0.15, -0.1) is 17.7 Å². The zero-order valence-corrected chi connectivity index (χ0v) is 22.2. The number of nitrogens with zero attached hydrogens (tertiary/aromatic N) is 8. The molecular formula is C22H19F5I2N8. The van der Waals surface area contributed by atoms with Crippen molar-refractivity contribution in [3.8, 4) is 11.6 Å². The third-order valence-electron chi connectivity index (χ3n) is 3.87. The van der Waals surface area contributed by atoms with E-state index < -0.39 is 12.1 Å². The predicted octanol–water partition coefficient (Wildman–Crippen LogP) is 1.90. The first-order valence-electron chi connectivity index (χ1n) is 9.54. The summed E-state index contributed by atoms with van der Waals surface area (Å²) in [6.07, 6.45) is 1.71. The topological polar surface area (TPSA) is 78.2 Å². The van der Waals surface area contributed by atoms with Crippen LogP contribution in [0.15, 0.2) is 92.3 Å². The molecule has 0 fully saturated rings. The van der Waals surface area contributed by atoms with Crippen LogP contribution in [-0.4, -0.2) is 34.5 Å². The second-order valence-corrected chi connectivity index (χ2v) is 7.62. The highest BCUT2D eigenvalue weighted by atomic mass is 127. The average Bonchev–Trinajstić information content (AvgIpc) is 3.54. The minimum Gasteiger partial charge on any atom is -1.00 e. The normalized spacial score (nSPS) is 10.0. The number of hydrogen-bond acceptors (Lipinski definition) is 5. The highest BCUT2D eigenvalue weighted by molar-refractivity contribution is 14.1. The van der Waals surface area contributed by atoms with E-state index in [0.717, 1.165) is 23.1 Å². The lowest BCUT2D eigenvalue weighted by atomic mass is 10.4. The Morgan fingerprint density at radius 3 is 1.73 bits per heavy atom. The maximum atomic E-state index is 12.5. The Balaban J connectivity index is 0.000000289. The summed E-state index contributed by atoms with van der Waals surface area (Å²) in [4.78, 5) is 11.1. The quantitative estimate of drug-likeness (QED) is 0.157. The van der Waals surface area contributed by atoms with Gasteiger partial charge >= 0.3 is 6.30 Å². The van der Waals surface area contributed by atoms with Crippen molar-refractivity contribution < 1.29 is 50.5 Å². The molecule has 0 unspecified atom stereocenters.